The van der Waals surface area contributed by atoms with Crippen molar-refractivity contribution in [2.75, 3.05) is 26.0 Å². The van der Waals surface area contributed by atoms with E-state index in [-0.39, 0.29) is 0 Å². The number of rotatable bonds is 0. The van der Waals surface area contributed by atoms with Gasteiger partial charge in [0.2, 0.25) is 6.19 Å². The molecule has 0 aromatic heterocycles. The van der Waals surface area contributed by atoms with Gasteiger partial charge in [0.1, 0.15) is 0 Å². The predicted molar refractivity (Wildman–Crippen MR) is 53.6 cm³/mol. The lowest BCUT2D eigenvalue weighted by atomic mass is 10.3. The Labute approximate surface area is 82.6 Å². The molecule has 0 aromatic carbocycles. The van der Waals surface area contributed by atoms with Crippen molar-refractivity contribution in [1.82, 2.24) is 4.90 Å². The zero-order valence-corrected chi connectivity index (χ0v) is 8.67. The summed E-state index contributed by atoms with van der Waals surface area (Å²) < 4.78 is 5.30. The van der Waals surface area contributed by atoms with Crippen LogP contribution in [0.15, 0.2) is 4.99 Å². The summed E-state index contributed by atoms with van der Waals surface area (Å²) in [6.07, 6.45) is 3.75. The smallest absolute Gasteiger partial charge is 0.208 e. The van der Waals surface area contributed by atoms with Crippen LogP contribution in [0.2, 0.25) is 0 Å². The number of ether oxygens (including phenoxy) is 1. The Morgan fingerprint density at radius 3 is 3.08 bits per heavy atom. The fourth-order valence-electron chi connectivity index (χ4n) is 1.28. The van der Waals surface area contributed by atoms with E-state index in [2.05, 4.69) is 16.8 Å². The molecular formula is C8H13N3OS. The highest BCUT2D eigenvalue weighted by atomic mass is 32.2. The average Bonchev–Trinajstić information content (AvgIpc) is 2.16. The highest BCUT2D eigenvalue weighted by Crippen LogP contribution is 2.13. The normalized spacial score (nSPS) is 24.2. The van der Waals surface area contributed by atoms with E-state index in [0.717, 1.165) is 18.3 Å². The maximum absolute atomic E-state index is 8.48. The Balaban J connectivity index is 2.67. The number of nitrogens with zero attached hydrogens (tertiary/aromatic N) is 3. The Kier molecular flexibility index (Phi) is 4.06. The Bertz CT molecular complexity index is 236. The van der Waals surface area contributed by atoms with E-state index in [1.54, 1.807) is 0 Å². The van der Waals surface area contributed by atoms with Crippen LogP contribution in [-0.2, 0) is 4.74 Å². The summed E-state index contributed by atoms with van der Waals surface area (Å²) in [4.78, 5) is 5.88. The molecule has 1 unspecified atom stereocenters. The third-order valence-corrected chi connectivity index (χ3v) is 2.63. The van der Waals surface area contributed by atoms with Crippen molar-refractivity contribution in [3.05, 3.63) is 0 Å². The fourth-order valence-corrected chi connectivity index (χ4v) is 1.92. The first-order chi connectivity index (χ1) is 6.29. The minimum Gasteiger partial charge on any atom is -0.377 e. The van der Waals surface area contributed by atoms with Crippen molar-refractivity contribution in [3.63, 3.8) is 0 Å². The number of hydrogen-bond acceptors (Lipinski definition) is 4. The second kappa shape index (κ2) is 5.10. The molecule has 4 nitrogen and oxygen atoms in total. The van der Waals surface area contributed by atoms with Crippen LogP contribution < -0.4 is 0 Å². The molecule has 5 heteroatoms. The predicted octanol–water partition coefficient (Wildman–Crippen LogP) is 0.907. The zero-order chi connectivity index (χ0) is 9.68. The van der Waals surface area contributed by atoms with Crippen LogP contribution in [0.25, 0.3) is 0 Å². The Morgan fingerprint density at radius 2 is 2.54 bits per heavy atom. The largest absolute Gasteiger partial charge is 0.377 e. The lowest BCUT2D eigenvalue weighted by Gasteiger charge is -2.34. The van der Waals surface area contributed by atoms with Crippen LogP contribution in [0, 0.1) is 11.5 Å². The molecule has 1 rings (SSSR count). The summed E-state index contributed by atoms with van der Waals surface area (Å²) in [7, 11) is 0. The van der Waals surface area contributed by atoms with Crippen LogP contribution in [-0.4, -0.2) is 42.1 Å². The summed E-state index contributed by atoms with van der Waals surface area (Å²) >= 11 is 1.50. The average molecular weight is 199 g/mol. The summed E-state index contributed by atoms with van der Waals surface area (Å²) in [5, 5.41) is 9.27. The number of morpholine rings is 1. The van der Waals surface area contributed by atoms with Crippen molar-refractivity contribution >= 4 is 16.9 Å². The van der Waals surface area contributed by atoms with Gasteiger partial charge in [-0.1, -0.05) is 11.8 Å². The minimum absolute atomic E-state index is 0.313. The standard InChI is InChI=1S/C8H13N3OS/c1-7-5-12-4-3-11(7)8(13-2)10-6-9/h7H,3-5H2,1-2H3. The number of aliphatic imine (C=N–C) groups is 1. The molecule has 0 amide bonds. The molecule has 0 saturated carbocycles. The molecule has 1 atom stereocenters. The second-order valence-electron chi connectivity index (χ2n) is 2.82. The first-order valence-electron chi connectivity index (χ1n) is 4.14. The van der Waals surface area contributed by atoms with E-state index < -0.39 is 0 Å². The van der Waals surface area contributed by atoms with E-state index in [0.29, 0.717) is 12.6 Å². The number of thioether (sulfide) groups is 1. The summed E-state index contributed by atoms with van der Waals surface area (Å²) in [6.45, 7) is 4.32. The Hall–Kier alpha value is -0.730. The SMILES string of the molecule is CSC(=NC#N)N1CCOCC1C. The summed E-state index contributed by atoms with van der Waals surface area (Å²) in [5.41, 5.74) is 0. The molecule has 72 valence electrons. The topological polar surface area (TPSA) is 48.6 Å². The molecule has 0 N–H and O–H groups in total. The fraction of sp³-hybridized carbons (Fsp3) is 0.750. The first-order valence-corrected chi connectivity index (χ1v) is 5.37. The molecule has 0 bridgehead atoms. The van der Waals surface area contributed by atoms with Gasteiger partial charge in [-0.05, 0) is 13.2 Å². The highest BCUT2D eigenvalue weighted by molar-refractivity contribution is 8.13. The van der Waals surface area contributed by atoms with Gasteiger partial charge in [-0.2, -0.15) is 5.26 Å². The van der Waals surface area contributed by atoms with Gasteiger partial charge in [0.15, 0.2) is 5.17 Å². The first kappa shape index (κ1) is 10.4. The molecule has 13 heavy (non-hydrogen) atoms. The maximum atomic E-state index is 8.48. The number of nitriles is 1. The van der Waals surface area contributed by atoms with E-state index in [4.69, 9.17) is 10.00 Å². The highest BCUT2D eigenvalue weighted by Gasteiger charge is 2.21. The van der Waals surface area contributed by atoms with Crippen molar-refractivity contribution in [3.8, 4) is 6.19 Å². The molecule has 1 saturated heterocycles. The van der Waals surface area contributed by atoms with E-state index in [9.17, 15) is 0 Å². The van der Waals surface area contributed by atoms with E-state index >= 15 is 0 Å². The van der Waals surface area contributed by atoms with Crippen molar-refractivity contribution < 1.29 is 4.74 Å². The van der Waals surface area contributed by atoms with Gasteiger partial charge in [0.05, 0.1) is 19.3 Å². The molecule has 0 spiro atoms. The van der Waals surface area contributed by atoms with E-state index in [1.807, 2.05) is 12.4 Å². The molecule has 0 aliphatic carbocycles. The number of hydrogen-bond donors (Lipinski definition) is 0. The second-order valence-corrected chi connectivity index (χ2v) is 3.59. The van der Waals surface area contributed by atoms with Crippen LogP contribution in [0.3, 0.4) is 0 Å². The van der Waals surface area contributed by atoms with Gasteiger partial charge in [-0.3, -0.25) is 0 Å². The van der Waals surface area contributed by atoms with E-state index in [1.165, 1.54) is 11.8 Å². The molecule has 0 radical (unpaired) electrons. The zero-order valence-electron chi connectivity index (χ0n) is 7.86. The summed E-state index contributed by atoms with van der Waals surface area (Å²) in [5.74, 6) is 0. The molecular weight excluding hydrogens is 186 g/mol. The quantitative estimate of drug-likeness (QED) is 0.330. The van der Waals surface area contributed by atoms with Crippen molar-refractivity contribution in [2.24, 2.45) is 4.99 Å². The molecule has 0 aromatic rings. The molecule has 1 aliphatic heterocycles. The van der Waals surface area contributed by atoms with Crippen LogP contribution in [0.5, 0.6) is 0 Å². The third kappa shape index (κ3) is 2.61. The minimum atomic E-state index is 0.313. The van der Waals surface area contributed by atoms with Crippen molar-refractivity contribution in [1.29, 1.82) is 5.26 Å². The third-order valence-electron chi connectivity index (χ3n) is 1.94. The van der Waals surface area contributed by atoms with Gasteiger partial charge < -0.3 is 9.64 Å². The molecule has 1 heterocycles. The van der Waals surface area contributed by atoms with Crippen LogP contribution >= 0.6 is 11.8 Å². The van der Waals surface area contributed by atoms with Gasteiger partial charge in [-0.25, -0.2) is 0 Å². The molecule has 1 aliphatic rings. The van der Waals surface area contributed by atoms with Crippen LogP contribution in [0.4, 0.5) is 0 Å². The van der Waals surface area contributed by atoms with Gasteiger partial charge in [0, 0.05) is 6.54 Å². The maximum Gasteiger partial charge on any atom is 0.208 e. The summed E-state index contributed by atoms with van der Waals surface area (Å²) in [6, 6.07) is 0.313. The van der Waals surface area contributed by atoms with Crippen molar-refractivity contribution in [2.45, 2.75) is 13.0 Å². The molecule has 1 fully saturated rings. The lowest BCUT2D eigenvalue weighted by molar-refractivity contribution is 0.0347. The van der Waals surface area contributed by atoms with Gasteiger partial charge in [0.25, 0.3) is 0 Å². The van der Waals surface area contributed by atoms with Gasteiger partial charge >= 0.3 is 0 Å². The Morgan fingerprint density at radius 1 is 1.77 bits per heavy atom. The van der Waals surface area contributed by atoms with Crippen LogP contribution in [0.1, 0.15) is 6.92 Å². The lowest BCUT2D eigenvalue weighted by Crippen LogP contribution is -2.46. The van der Waals surface area contributed by atoms with Gasteiger partial charge in [-0.15, -0.1) is 4.99 Å². The number of amidine groups is 1. The monoisotopic (exact) mass is 199 g/mol.